The van der Waals surface area contributed by atoms with E-state index in [0.29, 0.717) is 40.3 Å². The van der Waals surface area contributed by atoms with Crippen LogP contribution in [0.3, 0.4) is 0 Å². The summed E-state index contributed by atoms with van der Waals surface area (Å²) in [5.41, 5.74) is 3.82. The van der Waals surface area contributed by atoms with Gasteiger partial charge in [-0.15, -0.1) is 0 Å². The van der Waals surface area contributed by atoms with Crippen molar-refractivity contribution in [3.8, 4) is 11.5 Å². The lowest BCUT2D eigenvalue weighted by Crippen LogP contribution is -2.36. The summed E-state index contributed by atoms with van der Waals surface area (Å²) in [6.45, 7) is 1.82. The normalized spacial score (nSPS) is 21.4. The summed E-state index contributed by atoms with van der Waals surface area (Å²) < 4.78 is 16.7. The minimum atomic E-state index is -0.671. The van der Waals surface area contributed by atoms with Crippen LogP contribution in [0.2, 0.25) is 0 Å². The molecule has 2 aliphatic carbocycles. The number of Topliss-reactive ketones (excluding diaryl/α,β-unsaturated/α-hetero) is 1. The molecule has 204 valence electrons. The number of allylic oxidation sites excluding steroid dienone is 3. The molecule has 1 aliphatic heterocycles. The summed E-state index contributed by atoms with van der Waals surface area (Å²) in [5, 5.41) is 14.6. The Morgan fingerprint density at radius 2 is 1.64 bits per heavy atom. The van der Waals surface area contributed by atoms with E-state index in [-0.39, 0.29) is 29.9 Å². The molecule has 0 bridgehead atoms. The van der Waals surface area contributed by atoms with Crippen LogP contribution in [-0.4, -0.2) is 37.0 Å². The molecule has 1 heterocycles. The first-order chi connectivity index (χ1) is 18.8. The lowest BCUT2D eigenvalue weighted by atomic mass is 9.71. The van der Waals surface area contributed by atoms with Crippen molar-refractivity contribution < 1.29 is 28.7 Å². The summed E-state index contributed by atoms with van der Waals surface area (Å²) in [7, 11) is 3.15. The van der Waals surface area contributed by atoms with Gasteiger partial charge in [-0.25, -0.2) is 4.79 Å². The van der Waals surface area contributed by atoms with Crippen molar-refractivity contribution in [1.29, 1.82) is 0 Å². The Balaban J connectivity index is 1.53. The molecule has 39 heavy (non-hydrogen) atoms. The van der Waals surface area contributed by atoms with Crippen LogP contribution in [0.4, 0.5) is 5.69 Å². The Hall–Kier alpha value is -4.14. The maximum Gasteiger partial charge on any atom is 0.337 e. The van der Waals surface area contributed by atoms with Gasteiger partial charge in [0.25, 0.3) is 5.69 Å². The molecule has 0 aromatic heterocycles. The van der Waals surface area contributed by atoms with E-state index in [1.165, 1.54) is 12.1 Å². The Morgan fingerprint density at radius 3 is 2.28 bits per heavy atom. The number of carbonyl (C=O) groups excluding carboxylic acids is 2. The number of ketones is 1. The molecular formula is C30H32N2O7. The SMILES string of the molecule is COc1ccc([C@H]2CC(=O)C3=C(C2)NC(C)=C(C(=O)OC2CCCC2)[C@H]3c2ccc([N+](=O)[O-])cc2)cc1OC. The first-order valence-corrected chi connectivity index (χ1v) is 13.2. The smallest absolute Gasteiger partial charge is 0.337 e. The maximum atomic E-state index is 13.8. The Labute approximate surface area is 227 Å². The molecule has 2 aromatic carbocycles. The number of hydrogen-bond donors (Lipinski definition) is 1. The first-order valence-electron chi connectivity index (χ1n) is 13.2. The lowest BCUT2D eigenvalue weighted by Gasteiger charge is -2.37. The lowest BCUT2D eigenvalue weighted by molar-refractivity contribution is -0.384. The molecule has 5 rings (SSSR count). The molecular weight excluding hydrogens is 500 g/mol. The second-order valence-corrected chi connectivity index (χ2v) is 10.3. The molecule has 1 fully saturated rings. The fraction of sp³-hybridized carbons (Fsp3) is 0.400. The first kappa shape index (κ1) is 26.5. The third kappa shape index (κ3) is 5.13. The zero-order chi connectivity index (χ0) is 27.7. The highest BCUT2D eigenvalue weighted by Crippen LogP contribution is 2.47. The van der Waals surface area contributed by atoms with Crippen LogP contribution in [0.5, 0.6) is 11.5 Å². The van der Waals surface area contributed by atoms with Crippen molar-refractivity contribution in [2.24, 2.45) is 0 Å². The molecule has 3 aliphatic rings. The van der Waals surface area contributed by atoms with E-state index >= 15 is 0 Å². The zero-order valence-electron chi connectivity index (χ0n) is 22.3. The summed E-state index contributed by atoms with van der Waals surface area (Å²) in [6, 6.07) is 11.7. The standard InChI is InChI=1S/C30H32N2O7/c1-17-27(30(34)39-22-6-4-5-7-22)28(18-8-11-21(12-9-18)32(35)36)29-23(31-17)14-20(15-24(29)33)19-10-13-25(37-2)26(16-19)38-3/h8-13,16,20,22,28,31H,4-7,14-15H2,1-3H3/t20-,28-/m1/s1. The van der Waals surface area contributed by atoms with Gasteiger partial charge in [0.15, 0.2) is 17.3 Å². The van der Waals surface area contributed by atoms with Crippen LogP contribution in [0.25, 0.3) is 0 Å². The largest absolute Gasteiger partial charge is 0.493 e. The Bertz CT molecular complexity index is 1370. The summed E-state index contributed by atoms with van der Waals surface area (Å²) in [6.07, 6.45) is 4.37. The number of nitrogens with zero attached hydrogens (tertiary/aromatic N) is 1. The molecule has 1 N–H and O–H groups in total. The molecule has 0 spiro atoms. The predicted octanol–water partition coefficient (Wildman–Crippen LogP) is 5.46. The minimum absolute atomic E-state index is 0.0545. The second kappa shape index (κ2) is 10.9. The van der Waals surface area contributed by atoms with Crippen LogP contribution < -0.4 is 14.8 Å². The van der Waals surface area contributed by atoms with Crippen LogP contribution in [0, 0.1) is 10.1 Å². The number of ether oxygens (including phenoxy) is 3. The van der Waals surface area contributed by atoms with Crippen molar-refractivity contribution in [2.75, 3.05) is 14.2 Å². The Morgan fingerprint density at radius 1 is 0.974 bits per heavy atom. The van der Waals surface area contributed by atoms with Gasteiger partial charge in [-0.05, 0) is 68.2 Å². The monoisotopic (exact) mass is 532 g/mol. The number of carbonyl (C=O) groups is 2. The van der Waals surface area contributed by atoms with E-state index in [9.17, 15) is 19.7 Å². The molecule has 0 saturated heterocycles. The van der Waals surface area contributed by atoms with Gasteiger partial charge in [0.05, 0.1) is 24.7 Å². The summed E-state index contributed by atoms with van der Waals surface area (Å²) in [4.78, 5) is 38.2. The number of rotatable bonds is 7. The quantitative estimate of drug-likeness (QED) is 0.284. The summed E-state index contributed by atoms with van der Waals surface area (Å²) in [5.74, 6) is -0.0880. The van der Waals surface area contributed by atoms with E-state index in [1.807, 2.05) is 25.1 Å². The van der Waals surface area contributed by atoms with Gasteiger partial charge in [-0.3, -0.25) is 14.9 Å². The molecule has 0 unspecified atom stereocenters. The Kier molecular flexibility index (Phi) is 7.41. The van der Waals surface area contributed by atoms with Crippen molar-refractivity contribution in [3.63, 3.8) is 0 Å². The molecule has 9 heteroatoms. The molecule has 9 nitrogen and oxygen atoms in total. The molecule has 1 saturated carbocycles. The fourth-order valence-electron chi connectivity index (χ4n) is 5.99. The van der Waals surface area contributed by atoms with Gasteiger partial charge in [0.2, 0.25) is 0 Å². The van der Waals surface area contributed by atoms with E-state index in [2.05, 4.69) is 5.32 Å². The van der Waals surface area contributed by atoms with Gasteiger partial charge >= 0.3 is 5.97 Å². The minimum Gasteiger partial charge on any atom is -0.493 e. The van der Waals surface area contributed by atoms with Crippen LogP contribution in [0.1, 0.15) is 68.4 Å². The van der Waals surface area contributed by atoms with Crippen LogP contribution >= 0.6 is 0 Å². The van der Waals surface area contributed by atoms with Crippen molar-refractivity contribution in [2.45, 2.75) is 63.4 Å². The number of methoxy groups -OCH3 is 2. The highest BCUT2D eigenvalue weighted by molar-refractivity contribution is 6.04. The maximum absolute atomic E-state index is 13.8. The van der Waals surface area contributed by atoms with Gasteiger partial charge in [0, 0.05) is 41.4 Å². The van der Waals surface area contributed by atoms with Crippen LogP contribution in [0.15, 0.2) is 65.0 Å². The second-order valence-electron chi connectivity index (χ2n) is 10.3. The van der Waals surface area contributed by atoms with E-state index in [0.717, 1.165) is 36.9 Å². The summed E-state index contributed by atoms with van der Waals surface area (Å²) >= 11 is 0. The number of nitro groups is 1. The van der Waals surface area contributed by atoms with Gasteiger partial charge in [-0.1, -0.05) is 18.2 Å². The number of nitrogens with one attached hydrogen (secondary N) is 1. The van der Waals surface area contributed by atoms with Crippen molar-refractivity contribution >= 4 is 17.4 Å². The average Bonchev–Trinajstić information content (AvgIpc) is 3.44. The van der Waals surface area contributed by atoms with Crippen LogP contribution in [-0.2, 0) is 14.3 Å². The molecule has 2 aromatic rings. The third-order valence-electron chi connectivity index (χ3n) is 7.94. The number of dihydropyridines is 1. The number of non-ortho nitro benzene ring substituents is 1. The zero-order valence-corrected chi connectivity index (χ0v) is 22.3. The number of esters is 1. The highest BCUT2D eigenvalue weighted by atomic mass is 16.6. The van der Waals surface area contributed by atoms with Crippen molar-refractivity contribution in [1.82, 2.24) is 5.32 Å². The van der Waals surface area contributed by atoms with E-state index in [4.69, 9.17) is 14.2 Å². The molecule has 2 atom stereocenters. The topological polar surface area (TPSA) is 117 Å². The fourth-order valence-corrected chi connectivity index (χ4v) is 5.99. The van der Waals surface area contributed by atoms with E-state index in [1.54, 1.807) is 26.4 Å². The van der Waals surface area contributed by atoms with Crippen molar-refractivity contribution in [3.05, 3.63) is 86.2 Å². The number of benzene rings is 2. The number of nitro benzene ring substituents is 1. The van der Waals surface area contributed by atoms with Gasteiger partial charge in [-0.2, -0.15) is 0 Å². The number of hydrogen-bond acceptors (Lipinski definition) is 8. The third-order valence-corrected chi connectivity index (χ3v) is 7.94. The highest BCUT2D eigenvalue weighted by Gasteiger charge is 2.42. The predicted molar refractivity (Wildman–Crippen MR) is 144 cm³/mol. The average molecular weight is 533 g/mol. The molecule has 0 amide bonds. The van der Waals surface area contributed by atoms with Gasteiger partial charge in [0.1, 0.15) is 6.10 Å². The van der Waals surface area contributed by atoms with Gasteiger partial charge < -0.3 is 19.5 Å². The molecule has 0 radical (unpaired) electrons. The van der Waals surface area contributed by atoms with E-state index < -0.39 is 16.8 Å².